The first-order valence-corrected chi connectivity index (χ1v) is 9.48. The van der Waals surface area contributed by atoms with Gasteiger partial charge in [-0.05, 0) is 44.1 Å². The van der Waals surface area contributed by atoms with Gasteiger partial charge in [0.05, 0.1) is 6.26 Å². The van der Waals surface area contributed by atoms with E-state index in [-0.39, 0.29) is 0 Å². The van der Waals surface area contributed by atoms with Crippen LogP contribution in [0.15, 0.2) is 0 Å². The first kappa shape index (κ1) is 15.3. The van der Waals surface area contributed by atoms with Crippen molar-refractivity contribution < 1.29 is 8.42 Å². The first-order valence-electron chi connectivity index (χ1n) is 7.63. The number of hydrogen-bond acceptors (Lipinski definition) is 3. The second kappa shape index (κ2) is 6.55. The van der Waals surface area contributed by atoms with Crippen LogP contribution in [-0.2, 0) is 10.0 Å². The Hall–Kier alpha value is -0.130. The van der Waals surface area contributed by atoms with Gasteiger partial charge in [-0.2, -0.15) is 0 Å². The molecule has 5 heteroatoms. The van der Waals surface area contributed by atoms with Crippen LogP contribution < -0.4 is 5.32 Å². The summed E-state index contributed by atoms with van der Waals surface area (Å²) in [5.41, 5.74) is 0. The maximum absolute atomic E-state index is 11.6. The van der Waals surface area contributed by atoms with Crippen molar-refractivity contribution in [3.63, 3.8) is 0 Å². The van der Waals surface area contributed by atoms with Crippen LogP contribution in [0.1, 0.15) is 45.4 Å². The molecule has 112 valence electrons. The minimum Gasteiger partial charge on any atom is -0.314 e. The highest BCUT2D eigenvalue weighted by Crippen LogP contribution is 2.24. The molecule has 2 aliphatic rings. The monoisotopic (exact) mass is 288 g/mol. The Morgan fingerprint density at radius 2 is 2.00 bits per heavy atom. The molecule has 0 bridgehead atoms. The molecule has 1 heterocycles. The fraction of sp³-hybridized carbons (Fsp3) is 1.00. The Kier molecular flexibility index (Phi) is 5.26. The van der Waals surface area contributed by atoms with Gasteiger partial charge in [0.15, 0.2) is 0 Å². The Morgan fingerprint density at radius 1 is 1.21 bits per heavy atom. The molecule has 3 unspecified atom stereocenters. The molecule has 1 aliphatic carbocycles. The van der Waals surface area contributed by atoms with Crippen molar-refractivity contribution in [3.8, 4) is 0 Å². The Labute approximate surface area is 118 Å². The van der Waals surface area contributed by atoms with Crippen LogP contribution in [0.5, 0.6) is 0 Å². The van der Waals surface area contributed by atoms with E-state index in [0.717, 1.165) is 25.3 Å². The zero-order valence-corrected chi connectivity index (χ0v) is 13.1. The maximum Gasteiger partial charge on any atom is 0.211 e. The van der Waals surface area contributed by atoms with Crippen LogP contribution in [0.4, 0.5) is 0 Å². The Bertz CT molecular complexity index is 383. The Morgan fingerprint density at radius 3 is 2.68 bits per heavy atom. The van der Waals surface area contributed by atoms with Crippen molar-refractivity contribution in [2.45, 2.75) is 51.5 Å². The van der Waals surface area contributed by atoms with Crippen molar-refractivity contribution in [1.82, 2.24) is 9.62 Å². The SMILES string of the molecule is CC1CCCC(NCC2CCCN(S(C)(=O)=O)C2)C1. The van der Waals surface area contributed by atoms with E-state index in [4.69, 9.17) is 0 Å². The van der Waals surface area contributed by atoms with Gasteiger partial charge in [0.25, 0.3) is 0 Å². The van der Waals surface area contributed by atoms with Crippen LogP contribution >= 0.6 is 0 Å². The summed E-state index contributed by atoms with van der Waals surface area (Å²) in [6.07, 6.45) is 8.74. The first-order chi connectivity index (χ1) is 8.95. The van der Waals surface area contributed by atoms with Gasteiger partial charge in [-0.15, -0.1) is 0 Å². The highest BCUT2D eigenvalue weighted by Gasteiger charge is 2.26. The Balaban J connectivity index is 1.76. The lowest BCUT2D eigenvalue weighted by Crippen LogP contribution is -2.44. The van der Waals surface area contributed by atoms with Gasteiger partial charge < -0.3 is 5.32 Å². The lowest BCUT2D eigenvalue weighted by molar-refractivity contribution is 0.236. The standard InChI is InChI=1S/C14H28N2O2S/c1-12-5-3-7-14(9-12)15-10-13-6-4-8-16(11-13)19(2,17)18/h12-15H,3-11H2,1-2H3. The van der Waals surface area contributed by atoms with E-state index in [1.807, 2.05) is 0 Å². The van der Waals surface area contributed by atoms with Crippen molar-refractivity contribution in [1.29, 1.82) is 0 Å². The summed E-state index contributed by atoms with van der Waals surface area (Å²) in [6.45, 7) is 4.72. The molecule has 0 aromatic rings. The van der Waals surface area contributed by atoms with Gasteiger partial charge in [0.1, 0.15) is 0 Å². The average molecular weight is 288 g/mol. The minimum absolute atomic E-state index is 0.487. The van der Waals surface area contributed by atoms with Gasteiger partial charge in [-0.1, -0.05) is 19.8 Å². The predicted octanol–water partition coefficient (Wildman–Crippen LogP) is 1.83. The molecule has 0 aromatic carbocycles. The van der Waals surface area contributed by atoms with E-state index >= 15 is 0 Å². The van der Waals surface area contributed by atoms with Crippen LogP contribution in [-0.4, -0.2) is 44.7 Å². The number of rotatable bonds is 4. The van der Waals surface area contributed by atoms with E-state index in [2.05, 4.69) is 12.2 Å². The number of hydrogen-bond donors (Lipinski definition) is 1. The smallest absolute Gasteiger partial charge is 0.211 e. The number of nitrogens with zero attached hydrogens (tertiary/aromatic N) is 1. The van der Waals surface area contributed by atoms with Gasteiger partial charge >= 0.3 is 0 Å². The van der Waals surface area contributed by atoms with Gasteiger partial charge in [-0.25, -0.2) is 12.7 Å². The van der Waals surface area contributed by atoms with E-state index in [1.165, 1.54) is 31.9 Å². The molecular formula is C14H28N2O2S. The summed E-state index contributed by atoms with van der Waals surface area (Å²) >= 11 is 0. The van der Waals surface area contributed by atoms with E-state index in [1.54, 1.807) is 4.31 Å². The lowest BCUT2D eigenvalue weighted by atomic mass is 9.86. The summed E-state index contributed by atoms with van der Waals surface area (Å²) in [4.78, 5) is 0. The van der Waals surface area contributed by atoms with Crippen LogP contribution in [0.2, 0.25) is 0 Å². The molecule has 0 radical (unpaired) electrons. The summed E-state index contributed by atoms with van der Waals surface area (Å²) in [7, 11) is -3.01. The molecule has 2 rings (SSSR count). The van der Waals surface area contributed by atoms with E-state index in [0.29, 0.717) is 25.0 Å². The number of piperidine rings is 1. The summed E-state index contributed by atoms with van der Waals surface area (Å²) in [5.74, 6) is 1.32. The highest BCUT2D eigenvalue weighted by molar-refractivity contribution is 7.88. The molecule has 1 aliphatic heterocycles. The van der Waals surface area contributed by atoms with Crippen LogP contribution in [0.25, 0.3) is 0 Å². The fourth-order valence-corrected chi connectivity index (χ4v) is 4.39. The number of sulfonamides is 1. The molecule has 2 fully saturated rings. The lowest BCUT2D eigenvalue weighted by Gasteiger charge is -2.33. The van der Waals surface area contributed by atoms with Crippen molar-refractivity contribution in [3.05, 3.63) is 0 Å². The molecule has 1 saturated heterocycles. The molecule has 0 spiro atoms. The third-order valence-electron chi connectivity index (χ3n) is 4.58. The predicted molar refractivity (Wildman–Crippen MR) is 78.6 cm³/mol. The number of nitrogens with one attached hydrogen (secondary N) is 1. The average Bonchev–Trinajstić information content (AvgIpc) is 2.36. The normalized spacial score (nSPS) is 34.3. The largest absolute Gasteiger partial charge is 0.314 e. The molecule has 3 atom stereocenters. The maximum atomic E-state index is 11.6. The summed E-state index contributed by atoms with van der Waals surface area (Å²) in [6, 6.07) is 0.650. The third-order valence-corrected chi connectivity index (χ3v) is 5.85. The second-order valence-electron chi connectivity index (χ2n) is 6.51. The molecule has 4 nitrogen and oxygen atoms in total. The quantitative estimate of drug-likeness (QED) is 0.858. The topological polar surface area (TPSA) is 49.4 Å². The molecule has 1 saturated carbocycles. The molecule has 19 heavy (non-hydrogen) atoms. The fourth-order valence-electron chi connectivity index (χ4n) is 3.45. The van der Waals surface area contributed by atoms with Gasteiger partial charge in [0.2, 0.25) is 10.0 Å². The zero-order chi connectivity index (χ0) is 13.9. The second-order valence-corrected chi connectivity index (χ2v) is 8.49. The zero-order valence-electron chi connectivity index (χ0n) is 12.3. The van der Waals surface area contributed by atoms with Crippen LogP contribution in [0, 0.1) is 11.8 Å². The van der Waals surface area contributed by atoms with Crippen molar-refractivity contribution >= 4 is 10.0 Å². The van der Waals surface area contributed by atoms with Crippen molar-refractivity contribution in [2.24, 2.45) is 11.8 Å². The van der Waals surface area contributed by atoms with E-state index < -0.39 is 10.0 Å². The van der Waals surface area contributed by atoms with Gasteiger partial charge in [0, 0.05) is 19.1 Å². The summed E-state index contributed by atoms with van der Waals surface area (Å²) in [5, 5.41) is 3.67. The summed E-state index contributed by atoms with van der Waals surface area (Å²) < 4.78 is 24.8. The molecule has 0 aromatic heterocycles. The van der Waals surface area contributed by atoms with Crippen LogP contribution in [0.3, 0.4) is 0 Å². The van der Waals surface area contributed by atoms with Gasteiger partial charge in [-0.3, -0.25) is 0 Å². The minimum atomic E-state index is -3.01. The molecule has 0 amide bonds. The molecular weight excluding hydrogens is 260 g/mol. The highest BCUT2D eigenvalue weighted by atomic mass is 32.2. The van der Waals surface area contributed by atoms with E-state index in [9.17, 15) is 8.42 Å². The third kappa shape index (κ3) is 4.72. The van der Waals surface area contributed by atoms with Crippen molar-refractivity contribution in [2.75, 3.05) is 25.9 Å². The molecule has 1 N–H and O–H groups in total.